The lowest BCUT2D eigenvalue weighted by Crippen LogP contribution is -2.53. The zero-order valence-electron chi connectivity index (χ0n) is 15.2. The Hall–Kier alpha value is -0.960. The minimum Gasteiger partial charge on any atom is -0.366 e. The van der Waals surface area contributed by atoms with E-state index in [-0.39, 0.29) is 11.6 Å². The first kappa shape index (κ1) is 15.1. The number of nitrogens with zero attached hydrogens (tertiary/aromatic N) is 1. The van der Waals surface area contributed by atoms with Crippen molar-refractivity contribution in [2.45, 2.75) is 69.9 Å². The van der Waals surface area contributed by atoms with E-state index in [0.717, 1.165) is 55.5 Å². The summed E-state index contributed by atoms with van der Waals surface area (Å²) in [5.74, 6) is 4.23. The third-order valence-corrected chi connectivity index (χ3v) is 9.28. The van der Waals surface area contributed by atoms with E-state index >= 15 is 0 Å². The van der Waals surface area contributed by atoms with Gasteiger partial charge >= 0.3 is 0 Å². The minimum absolute atomic E-state index is 0.0590. The van der Waals surface area contributed by atoms with Crippen LogP contribution >= 0.6 is 0 Å². The van der Waals surface area contributed by atoms with E-state index in [1.807, 2.05) is 0 Å². The van der Waals surface area contributed by atoms with Crippen LogP contribution in [0.4, 0.5) is 0 Å². The average Bonchev–Trinajstić information content (AvgIpc) is 3.20. The lowest BCUT2D eigenvalue weighted by atomic mass is 9.50. The fraction of sp³-hybridized carbons (Fsp3) is 0.818. The summed E-state index contributed by atoms with van der Waals surface area (Å²) in [6, 6.07) is 0.0590. The van der Waals surface area contributed by atoms with E-state index in [1.54, 1.807) is 11.1 Å². The molecule has 1 aliphatic heterocycles. The molecule has 3 nitrogen and oxygen atoms in total. The van der Waals surface area contributed by atoms with Crippen LogP contribution in [-0.2, 0) is 4.74 Å². The van der Waals surface area contributed by atoms with Crippen LogP contribution in [0.15, 0.2) is 28.5 Å². The highest BCUT2D eigenvalue weighted by atomic mass is 16.5. The van der Waals surface area contributed by atoms with E-state index in [1.165, 1.54) is 32.1 Å². The summed E-state index contributed by atoms with van der Waals surface area (Å²) in [5, 5.41) is 3.37. The second kappa shape index (κ2) is 4.85. The molecule has 1 spiro atoms. The second-order valence-corrected chi connectivity index (χ2v) is 9.93. The zero-order chi connectivity index (χ0) is 16.8. The molecular weight excluding hydrogens is 310 g/mol. The maximum Gasteiger partial charge on any atom is 0.0959 e. The quantitative estimate of drug-likeness (QED) is 0.497. The van der Waals surface area contributed by atoms with Crippen LogP contribution in [0.1, 0.15) is 58.3 Å². The molecule has 3 fully saturated rings. The highest BCUT2D eigenvalue weighted by Crippen LogP contribution is 2.77. The second-order valence-electron chi connectivity index (χ2n) is 9.93. The lowest BCUT2D eigenvalue weighted by molar-refractivity contribution is -0.122. The molecular formula is C22H29NO2. The van der Waals surface area contributed by atoms with Gasteiger partial charge in [0.2, 0.25) is 0 Å². The van der Waals surface area contributed by atoms with Crippen LogP contribution in [0.5, 0.6) is 0 Å². The molecule has 8 atom stereocenters. The largest absolute Gasteiger partial charge is 0.366 e. The van der Waals surface area contributed by atoms with Crippen LogP contribution in [0.3, 0.4) is 0 Å². The van der Waals surface area contributed by atoms with Gasteiger partial charge in [-0.1, -0.05) is 35.4 Å². The molecule has 3 saturated carbocycles. The first-order valence-corrected chi connectivity index (χ1v) is 10.5. The summed E-state index contributed by atoms with van der Waals surface area (Å²) < 4.78 is 6.47. The fourth-order valence-corrected chi connectivity index (χ4v) is 8.35. The van der Waals surface area contributed by atoms with Gasteiger partial charge in [-0.25, -0.2) is 0 Å². The molecule has 1 heterocycles. The van der Waals surface area contributed by atoms with E-state index in [2.05, 4.69) is 24.3 Å². The molecule has 25 heavy (non-hydrogen) atoms. The third kappa shape index (κ3) is 1.72. The van der Waals surface area contributed by atoms with Crippen LogP contribution in [0.2, 0.25) is 0 Å². The topological polar surface area (TPSA) is 38.7 Å². The Balaban J connectivity index is 1.36. The Labute approximate surface area is 150 Å². The molecule has 5 aliphatic carbocycles. The average molecular weight is 339 g/mol. The Morgan fingerprint density at radius 2 is 2.12 bits per heavy atom. The van der Waals surface area contributed by atoms with Crippen LogP contribution in [-0.4, -0.2) is 18.2 Å². The third-order valence-electron chi connectivity index (χ3n) is 9.28. The number of nitroso groups, excluding NO2 is 1. The van der Waals surface area contributed by atoms with Gasteiger partial charge in [-0.2, -0.15) is 4.91 Å². The number of allylic oxidation sites excluding steroid dienone is 1. The van der Waals surface area contributed by atoms with Crippen molar-refractivity contribution >= 4 is 0 Å². The van der Waals surface area contributed by atoms with Crippen molar-refractivity contribution in [3.63, 3.8) is 0 Å². The fourth-order valence-electron chi connectivity index (χ4n) is 8.35. The maximum absolute atomic E-state index is 11.0. The zero-order valence-corrected chi connectivity index (χ0v) is 15.2. The van der Waals surface area contributed by atoms with Crippen molar-refractivity contribution in [3.8, 4) is 0 Å². The molecule has 0 radical (unpaired) electrons. The molecule has 0 N–H and O–H groups in total. The number of hydrogen-bond donors (Lipinski definition) is 0. The van der Waals surface area contributed by atoms with Crippen molar-refractivity contribution in [1.29, 1.82) is 0 Å². The van der Waals surface area contributed by atoms with Gasteiger partial charge in [-0.3, -0.25) is 0 Å². The van der Waals surface area contributed by atoms with Gasteiger partial charge in [0.1, 0.15) is 0 Å². The van der Waals surface area contributed by atoms with E-state index < -0.39 is 0 Å². The van der Waals surface area contributed by atoms with Gasteiger partial charge in [-0.05, 0) is 81.0 Å². The molecule has 0 aromatic carbocycles. The Bertz CT molecular complexity index is 696. The monoisotopic (exact) mass is 339 g/mol. The summed E-state index contributed by atoms with van der Waals surface area (Å²) >= 11 is 0. The van der Waals surface area contributed by atoms with Gasteiger partial charge in [0.05, 0.1) is 18.2 Å². The molecule has 0 aromatic rings. The predicted octanol–water partition coefficient (Wildman–Crippen LogP) is 5.02. The standard InChI is InChI=1S/C22H29NO2/c1-21-9-7-16-15-6-4-14(23-24)11-13(15)3-5-17(16)20(21)18-12-19(18)22(21)8-2-10-25-22/h2,8,14,16-20H,3-7,9-12H2,1H3/t14?,16?,17?,18?,19?,20?,21-,22-/m0/s1. The molecule has 0 aromatic heterocycles. The van der Waals surface area contributed by atoms with Crippen molar-refractivity contribution in [1.82, 2.24) is 0 Å². The number of fused-ring (bicyclic) bond motifs is 8. The van der Waals surface area contributed by atoms with E-state index in [0.29, 0.717) is 5.41 Å². The van der Waals surface area contributed by atoms with E-state index in [9.17, 15) is 4.91 Å². The highest BCUT2D eigenvalue weighted by molar-refractivity contribution is 5.35. The highest BCUT2D eigenvalue weighted by Gasteiger charge is 2.76. The minimum atomic E-state index is 0.0590. The van der Waals surface area contributed by atoms with Gasteiger partial charge in [0.25, 0.3) is 0 Å². The van der Waals surface area contributed by atoms with Crippen molar-refractivity contribution < 1.29 is 4.74 Å². The van der Waals surface area contributed by atoms with Crippen molar-refractivity contribution in [2.75, 3.05) is 6.61 Å². The van der Waals surface area contributed by atoms with E-state index in [4.69, 9.17) is 4.74 Å². The molecule has 6 rings (SSSR count). The summed E-state index contributed by atoms with van der Waals surface area (Å²) in [5.41, 5.74) is 3.81. The maximum atomic E-state index is 11.0. The van der Waals surface area contributed by atoms with Crippen LogP contribution in [0.25, 0.3) is 0 Å². The molecule has 134 valence electrons. The Kier molecular flexibility index (Phi) is 2.94. The smallest absolute Gasteiger partial charge is 0.0959 e. The number of ether oxygens (including phenoxy) is 1. The van der Waals surface area contributed by atoms with Crippen LogP contribution in [0, 0.1) is 39.9 Å². The van der Waals surface area contributed by atoms with Gasteiger partial charge < -0.3 is 4.74 Å². The van der Waals surface area contributed by atoms with Crippen molar-refractivity contribution in [2.24, 2.45) is 40.2 Å². The normalized spacial score (nSPS) is 55.6. The first-order chi connectivity index (χ1) is 12.2. The van der Waals surface area contributed by atoms with Crippen molar-refractivity contribution in [3.05, 3.63) is 28.2 Å². The first-order valence-electron chi connectivity index (χ1n) is 10.5. The van der Waals surface area contributed by atoms with Gasteiger partial charge in [-0.15, -0.1) is 0 Å². The molecule has 0 bridgehead atoms. The molecule has 6 aliphatic rings. The molecule has 0 saturated heterocycles. The summed E-state index contributed by atoms with van der Waals surface area (Å²) in [6.07, 6.45) is 14.5. The SMILES string of the molecule is C[C@]12CCC3C4=C(CCC3C1C1CC1[C@@]21C=CCO1)CC(N=O)CC4. The summed E-state index contributed by atoms with van der Waals surface area (Å²) in [4.78, 5) is 11.0. The lowest BCUT2D eigenvalue weighted by Gasteiger charge is -2.56. The predicted molar refractivity (Wildman–Crippen MR) is 96.9 cm³/mol. The Morgan fingerprint density at radius 1 is 1.20 bits per heavy atom. The number of rotatable bonds is 1. The number of hydrogen-bond acceptors (Lipinski definition) is 3. The van der Waals surface area contributed by atoms with Crippen LogP contribution < -0.4 is 0 Å². The molecule has 3 heteroatoms. The van der Waals surface area contributed by atoms with Gasteiger partial charge in [0.15, 0.2) is 0 Å². The molecule has 0 amide bonds. The summed E-state index contributed by atoms with van der Waals surface area (Å²) in [6.45, 7) is 3.39. The Morgan fingerprint density at radius 3 is 2.92 bits per heavy atom. The molecule has 6 unspecified atom stereocenters. The summed E-state index contributed by atoms with van der Waals surface area (Å²) in [7, 11) is 0. The van der Waals surface area contributed by atoms with Gasteiger partial charge in [0, 0.05) is 5.41 Å².